The Hall–Kier alpha value is -1.96. The molecular formula is C15H14IN5. The zero-order valence-corrected chi connectivity index (χ0v) is 13.7. The summed E-state index contributed by atoms with van der Waals surface area (Å²) in [6.45, 7) is 2.65. The summed E-state index contributed by atoms with van der Waals surface area (Å²) in [5.74, 6) is 1.12. The molecule has 3 aromatic rings. The predicted octanol–water partition coefficient (Wildman–Crippen LogP) is 2.88. The molecule has 0 saturated carbocycles. The highest BCUT2D eigenvalue weighted by Gasteiger charge is 2.10. The highest BCUT2D eigenvalue weighted by molar-refractivity contribution is 14.1. The van der Waals surface area contributed by atoms with E-state index < -0.39 is 0 Å². The van der Waals surface area contributed by atoms with E-state index in [2.05, 4.69) is 49.8 Å². The largest absolute Gasteiger partial charge is 0.383 e. The number of nitrogen functional groups attached to an aromatic ring is 1. The predicted molar refractivity (Wildman–Crippen MR) is 90.7 cm³/mol. The minimum atomic E-state index is 0.508. The Kier molecular flexibility index (Phi) is 3.87. The van der Waals surface area contributed by atoms with E-state index in [4.69, 9.17) is 5.73 Å². The van der Waals surface area contributed by atoms with Crippen molar-refractivity contribution >= 4 is 28.4 Å². The van der Waals surface area contributed by atoms with Crippen LogP contribution < -0.4 is 5.73 Å². The van der Waals surface area contributed by atoms with Crippen LogP contribution in [0, 0.1) is 10.5 Å². The Morgan fingerprint density at radius 2 is 1.95 bits per heavy atom. The SMILES string of the molecule is Cc1nc(-c2cnn(Cc3ccccc3)c2)nc(N)c1I. The van der Waals surface area contributed by atoms with Gasteiger partial charge >= 0.3 is 0 Å². The molecule has 2 aromatic heterocycles. The number of nitrogens with two attached hydrogens (primary N) is 1. The van der Waals surface area contributed by atoms with Crippen LogP contribution in [-0.2, 0) is 6.54 Å². The molecule has 0 unspecified atom stereocenters. The van der Waals surface area contributed by atoms with Crippen LogP contribution >= 0.6 is 22.6 Å². The van der Waals surface area contributed by atoms with Crippen LogP contribution in [0.15, 0.2) is 42.7 Å². The third-order valence-corrected chi connectivity index (χ3v) is 4.45. The zero-order valence-electron chi connectivity index (χ0n) is 11.5. The fourth-order valence-corrected chi connectivity index (χ4v) is 2.29. The highest BCUT2D eigenvalue weighted by Crippen LogP contribution is 2.21. The molecule has 0 aliphatic rings. The molecule has 1 aromatic carbocycles. The van der Waals surface area contributed by atoms with Gasteiger partial charge in [0.15, 0.2) is 5.82 Å². The van der Waals surface area contributed by atoms with Crippen molar-refractivity contribution in [2.24, 2.45) is 0 Å². The van der Waals surface area contributed by atoms with E-state index >= 15 is 0 Å². The van der Waals surface area contributed by atoms with Crippen LogP contribution in [0.5, 0.6) is 0 Å². The Balaban J connectivity index is 1.88. The van der Waals surface area contributed by atoms with E-state index in [1.807, 2.05) is 36.0 Å². The van der Waals surface area contributed by atoms with Gasteiger partial charge < -0.3 is 5.73 Å². The first-order valence-corrected chi connectivity index (χ1v) is 7.58. The average molecular weight is 391 g/mol. The summed E-state index contributed by atoms with van der Waals surface area (Å²) in [7, 11) is 0. The summed E-state index contributed by atoms with van der Waals surface area (Å²) in [4.78, 5) is 8.80. The van der Waals surface area contributed by atoms with Crippen LogP contribution in [0.1, 0.15) is 11.3 Å². The van der Waals surface area contributed by atoms with Gasteiger partial charge in [0.1, 0.15) is 5.82 Å². The van der Waals surface area contributed by atoms with Gasteiger partial charge in [-0.3, -0.25) is 4.68 Å². The molecule has 3 rings (SSSR count). The van der Waals surface area contributed by atoms with Gasteiger partial charge in [-0.25, -0.2) is 9.97 Å². The van der Waals surface area contributed by atoms with Crippen LogP contribution in [0.2, 0.25) is 0 Å². The third-order valence-electron chi connectivity index (χ3n) is 3.12. The maximum Gasteiger partial charge on any atom is 0.164 e. The molecule has 0 bridgehead atoms. The molecule has 0 fully saturated rings. The number of hydrogen-bond acceptors (Lipinski definition) is 4. The summed E-state index contributed by atoms with van der Waals surface area (Å²) >= 11 is 2.15. The number of aryl methyl sites for hydroxylation is 1. The maximum absolute atomic E-state index is 5.90. The fraction of sp³-hybridized carbons (Fsp3) is 0.133. The second-order valence-electron chi connectivity index (χ2n) is 4.74. The molecule has 2 heterocycles. The Morgan fingerprint density at radius 1 is 1.19 bits per heavy atom. The molecule has 106 valence electrons. The van der Waals surface area contributed by atoms with Crippen molar-refractivity contribution in [2.75, 3.05) is 5.73 Å². The normalized spacial score (nSPS) is 10.8. The molecular weight excluding hydrogens is 377 g/mol. The van der Waals surface area contributed by atoms with Crippen molar-refractivity contribution < 1.29 is 0 Å². The lowest BCUT2D eigenvalue weighted by atomic mass is 10.2. The lowest BCUT2D eigenvalue weighted by molar-refractivity contribution is 0.687. The van der Waals surface area contributed by atoms with Crippen molar-refractivity contribution in [3.8, 4) is 11.4 Å². The van der Waals surface area contributed by atoms with Crippen LogP contribution in [-0.4, -0.2) is 19.7 Å². The Bertz CT molecular complexity index is 744. The van der Waals surface area contributed by atoms with Crippen molar-refractivity contribution in [2.45, 2.75) is 13.5 Å². The third kappa shape index (κ3) is 3.05. The molecule has 21 heavy (non-hydrogen) atoms. The molecule has 6 heteroatoms. The number of rotatable bonds is 3. The molecule has 0 aliphatic heterocycles. The molecule has 0 saturated heterocycles. The second-order valence-corrected chi connectivity index (χ2v) is 5.82. The molecule has 0 radical (unpaired) electrons. The van der Waals surface area contributed by atoms with E-state index in [1.54, 1.807) is 6.20 Å². The topological polar surface area (TPSA) is 69.6 Å². The summed E-state index contributed by atoms with van der Waals surface area (Å²) in [5.41, 5.74) is 8.86. The molecule has 0 aliphatic carbocycles. The van der Waals surface area contributed by atoms with Gasteiger partial charge in [0, 0.05) is 6.20 Å². The first kappa shape index (κ1) is 14.0. The van der Waals surface area contributed by atoms with Gasteiger partial charge in [-0.1, -0.05) is 30.3 Å². The van der Waals surface area contributed by atoms with E-state index in [0.29, 0.717) is 11.6 Å². The minimum Gasteiger partial charge on any atom is -0.383 e. The molecule has 0 spiro atoms. The smallest absolute Gasteiger partial charge is 0.164 e. The van der Waals surface area contributed by atoms with Crippen LogP contribution in [0.4, 0.5) is 5.82 Å². The first-order valence-electron chi connectivity index (χ1n) is 6.50. The van der Waals surface area contributed by atoms with E-state index in [1.165, 1.54) is 5.56 Å². The van der Waals surface area contributed by atoms with Gasteiger partial charge in [-0.15, -0.1) is 0 Å². The Morgan fingerprint density at radius 3 is 2.67 bits per heavy atom. The van der Waals surface area contributed by atoms with Gasteiger partial charge in [0.2, 0.25) is 0 Å². The van der Waals surface area contributed by atoms with E-state index in [9.17, 15) is 0 Å². The lowest BCUT2D eigenvalue weighted by Crippen LogP contribution is -2.02. The maximum atomic E-state index is 5.90. The van der Waals surface area contributed by atoms with Crippen molar-refractivity contribution in [1.82, 2.24) is 19.7 Å². The van der Waals surface area contributed by atoms with Crippen molar-refractivity contribution in [3.05, 3.63) is 57.6 Å². The number of benzene rings is 1. The van der Waals surface area contributed by atoms with Crippen molar-refractivity contribution in [1.29, 1.82) is 0 Å². The molecule has 0 atom stereocenters. The molecule has 5 nitrogen and oxygen atoms in total. The summed E-state index contributed by atoms with van der Waals surface area (Å²) in [5, 5.41) is 4.36. The van der Waals surface area contributed by atoms with Gasteiger partial charge in [0.25, 0.3) is 0 Å². The average Bonchev–Trinajstić information content (AvgIpc) is 2.94. The van der Waals surface area contributed by atoms with Crippen LogP contribution in [0.3, 0.4) is 0 Å². The van der Waals surface area contributed by atoms with Gasteiger partial charge in [0.05, 0.1) is 27.6 Å². The quantitative estimate of drug-likeness (QED) is 0.698. The molecule has 2 N–H and O–H groups in total. The van der Waals surface area contributed by atoms with E-state index in [0.717, 1.165) is 21.4 Å². The minimum absolute atomic E-state index is 0.508. The first-order chi connectivity index (χ1) is 10.1. The zero-order chi connectivity index (χ0) is 14.8. The van der Waals surface area contributed by atoms with E-state index in [-0.39, 0.29) is 0 Å². The number of anilines is 1. The number of hydrogen-bond donors (Lipinski definition) is 1. The monoisotopic (exact) mass is 391 g/mol. The summed E-state index contributed by atoms with van der Waals surface area (Å²) < 4.78 is 2.77. The number of nitrogens with zero attached hydrogens (tertiary/aromatic N) is 4. The molecule has 0 amide bonds. The lowest BCUT2D eigenvalue weighted by Gasteiger charge is -2.04. The van der Waals surface area contributed by atoms with Crippen molar-refractivity contribution in [3.63, 3.8) is 0 Å². The second kappa shape index (κ2) is 5.80. The Labute approximate surface area is 136 Å². The number of aromatic nitrogens is 4. The van der Waals surface area contributed by atoms with Crippen LogP contribution in [0.25, 0.3) is 11.4 Å². The number of halogens is 1. The summed E-state index contributed by atoms with van der Waals surface area (Å²) in [6.07, 6.45) is 3.71. The van der Waals surface area contributed by atoms with Gasteiger partial charge in [-0.2, -0.15) is 5.10 Å². The highest BCUT2D eigenvalue weighted by atomic mass is 127. The summed E-state index contributed by atoms with van der Waals surface area (Å²) in [6, 6.07) is 10.2. The standard InChI is InChI=1S/C15H14IN5/c1-10-13(16)14(17)20-15(19-10)12-7-18-21(9-12)8-11-5-3-2-4-6-11/h2-7,9H,8H2,1H3,(H2,17,19,20). The van der Waals surface area contributed by atoms with Gasteiger partial charge in [-0.05, 0) is 35.1 Å². The fourth-order valence-electron chi connectivity index (χ4n) is 2.05.